The number of methoxy groups -OCH3 is 1. The zero-order valence-corrected chi connectivity index (χ0v) is 13.4. The Morgan fingerprint density at radius 1 is 1.33 bits per heavy atom. The molecule has 1 aliphatic rings. The second kappa shape index (κ2) is 7.73. The van der Waals surface area contributed by atoms with Gasteiger partial charge in [-0.3, -0.25) is 10.1 Å². The van der Waals surface area contributed by atoms with E-state index in [1.807, 2.05) is 4.90 Å². The molecule has 0 N–H and O–H groups in total. The number of rotatable bonds is 5. The molecule has 0 aliphatic carbocycles. The first-order valence-electron chi connectivity index (χ1n) is 7.34. The van der Waals surface area contributed by atoms with Crippen LogP contribution in [0.5, 0.6) is 0 Å². The lowest BCUT2D eigenvalue weighted by molar-refractivity contribution is -0.385. The first kappa shape index (κ1) is 17.7. The van der Waals surface area contributed by atoms with Gasteiger partial charge in [-0.05, 0) is 19.1 Å². The van der Waals surface area contributed by atoms with E-state index < -0.39 is 23.0 Å². The number of ether oxygens (including phenoxy) is 3. The maximum Gasteiger partial charge on any atom is 0.346 e. The van der Waals surface area contributed by atoms with E-state index in [1.54, 1.807) is 6.07 Å². The van der Waals surface area contributed by atoms with E-state index in [0.29, 0.717) is 32.0 Å². The second-order valence-corrected chi connectivity index (χ2v) is 5.13. The summed E-state index contributed by atoms with van der Waals surface area (Å²) in [4.78, 5) is 36.1. The summed E-state index contributed by atoms with van der Waals surface area (Å²) in [5, 5.41) is 11.2. The molecule has 1 heterocycles. The zero-order valence-electron chi connectivity index (χ0n) is 13.4. The van der Waals surface area contributed by atoms with E-state index in [1.165, 1.54) is 19.1 Å². The number of nitro benzene ring substituents is 1. The van der Waals surface area contributed by atoms with Crippen LogP contribution in [0.1, 0.15) is 17.3 Å². The summed E-state index contributed by atoms with van der Waals surface area (Å²) in [7, 11) is 1.16. The summed E-state index contributed by atoms with van der Waals surface area (Å²) in [6, 6.07) is 4.23. The van der Waals surface area contributed by atoms with Crippen molar-refractivity contribution in [3.8, 4) is 0 Å². The molecule has 0 saturated carbocycles. The Hall–Kier alpha value is -2.68. The van der Waals surface area contributed by atoms with Crippen LogP contribution in [0.2, 0.25) is 0 Å². The third kappa shape index (κ3) is 3.99. The highest BCUT2D eigenvalue weighted by Gasteiger charge is 2.27. The van der Waals surface area contributed by atoms with Gasteiger partial charge in [0.2, 0.25) is 0 Å². The summed E-state index contributed by atoms with van der Waals surface area (Å²) in [6.07, 6.45) is -1.16. The Bertz CT molecular complexity index is 641. The Labute approximate surface area is 138 Å². The van der Waals surface area contributed by atoms with Crippen molar-refractivity contribution in [2.75, 3.05) is 38.3 Å². The lowest BCUT2D eigenvalue weighted by atomic mass is 10.1. The number of benzene rings is 1. The molecule has 1 atom stereocenters. The normalized spacial score (nSPS) is 15.5. The van der Waals surface area contributed by atoms with Gasteiger partial charge in [-0.25, -0.2) is 9.59 Å². The molecule has 0 spiro atoms. The highest BCUT2D eigenvalue weighted by atomic mass is 16.6. The Morgan fingerprint density at radius 3 is 2.58 bits per heavy atom. The highest BCUT2D eigenvalue weighted by molar-refractivity contribution is 5.96. The van der Waals surface area contributed by atoms with Crippen LogP contribution in [-0.2, 0) is 19.0 Å². The fourth-order valence-corrected chi connectivity index (χ4v) is 2.30. The molecule has 24 heavy (non-hydrogen) atoms. The average Bonchev–Trinajstić information content (AvgIpc) is 2.60. The van der Waals surface area contributed by atoms with Gasteiger partial charge in [-0.1, -0.05) is 0 Å². The fourth-order valence-electron chi connectivity index (χ4n) is 2.30. The van der Waals surface area contributed by atoms with Crippen LogP contribution < -0.4 is 4.90 Å². The number of morpholine rings is 1. The van der Waals surface area contributed by atoms with E-state index in [4.69, 9.17) is 9.47 Å². The van der Waals surface area contributed by atoms with Gasteiger partial charge in [0.25, 0.3) is 5.69 Å². The van der Waals surface area contributed by atoms with Crippen molar-refractivity contribution in [2.45, 2.75) is 13.0 Å². The first-order valence-corrected chi connectivity index (χ1v) is 7.34. The van der Waals surface area contributed by atoms with Crippen LogP contribution in [0.4, 0.5) is 11.4 Å². The number of hydrogen-bond acceptors (Lipinski definition) is 8. The molecule has 1 aliphatic heterocycles. The van der Waals surface area contributed by atoms with Crippen molar-refractivity contribution < 1.29 is 28.7 Å². The molecule has 9 nitrogen and oxygen atoms in total. The van der Waals surface area contributed by atoms with Gasteiger partial charge in [-0.2, -0.15) is 0 Å². The van der Waals surface area contributed by atoms with Gasteiger partial charge in [0.1, 0.15) is 5.56 Å². The van der Waals surface area contributed by atoms with Gasteiger partial charge < -0.3 is 19.1 Å². The van der Waals surface area contributed by atoms with Crippen molar-refractivity contribution in [1.29, 1.82) is 0 Å². The molecule has 1 aromatic rings. The van der Waals surface area contributed by atoms with Gasteiger partial charge in [0.15, 0.2) is 6.10 Å². The summed E-state index contributed by atoms with van der Waals surface area (Å²) in [5.74, 6) is -1.69. The minimum atomic E-state index is -1.16. The summed E-state index contributed by atoms with van der Waals surface area (Å²) >= 11 is 0. The van der Waals surface area contributed by atoms with E-state index in [-0.39, 0.29) is 11.3 Å². The van der Waals surface area contributed by atoms with E-state index in [9.17, 15) is 19.7 Å². The molecule has 0 aromatic heterocycles. The van der Waals surface area contributed by atoms with Gasteiger partial charge >= 0.3 is 11.9 Å². The van der Waals surface area contributed by atoms with Crippen molar-refractivity contribution in [3.05, 3.63) is 33.9 Å². The Kier molecular flexibility index (Phi) is 5.69. The molecule has 1 fully saturated rings. The predicted molar refractivity (Wildman–Crippen MR) is 83.0 cm³/mol. The third-order valence-corrected chi connectivity index (χ3v) is 3.59. The Morgan fingerprint density at radius 2 is 2.00 bits per heavy atom. The molecular weight excluding hydrogens is 320 g/mol. The number of nitrogens with zero attached hydrogens (tertiary/aromatic N) is 2. The average molecular weight is 338 g/mol. The standard InChI is InChI=1S/C15H18N2O7/c1-10(14(18)22-2)24-15(19)12-9-11(3-4-13(12)17(20)21)16-5-7-23-8-6-16/h3-4,9-10H,5-8H2,1-2H3. The van der Waals surface area contributed by atoms with Gasteiger partial charge in [0.05, 0.1) is 25.2 Å². The SMILES string of the molecule is COC(=O)C(C)OC(=O)c1cc(N2CCOCC2)ccc1[N+](=O)[O-]. The molecule has 1 aromatic carbocycles. The van der Waals surface area contributed by atoms with Crippen molar-refractivity contribution in [1.82, 2.24) is 0 Å². The first-order chi connectivity index (χ1) is 11.4. The van der Waals surface area contributed by atoms with Crippen LogP contribution in [0.3, 0.4) is 0 Å². The molecule has 0 radical (unpaired) electrons. The highest BCUT2D eigenvalue weighted by Crippen LogP contribution is 2.26. The summed E-state index contributed by atoms with van der Waals surface area (Å²) in [6.45, 7) is 3.64. The topological polar surface area (TPSA) is 108 Å². The molecule has 0 amide bonds. The zero-order chi connectivity index (χ0) is 17.7. The van der Waals surface area contributed by atoms with E-state index in [2.05, 4.69) is 4.74 Å². The fraction of sp³-hybridized carbons (Fsp3) is 0.467. The van der Waals surface area contributed by atoms with Crippen LogP contribution in [0.15, 0.2) is 18.2 Å². The molecule has 1 saturated heterocycles. The van der Waals surface area contributed by atoms with Crippen molar-refractivity contribution in [3.63, 3.8) is 0 Å². The maximum atomic E-state index is 12.3. The number of hydrogen-bond donors (Lipinski definition) is 0. The maximum absolute atomic E-state index is 12.3. The van der Waals surface area contributed by atoms with Crippen LogP contribution in [-0.4, -0.2) is 56.4 Å². The number of carbonyl (C=O) groups excluding carboxylic acids is 2. The van der Waals surface area contributed by atoms with E-state index >= 15 is 0 Å². The largest absolute Gasteiger partial charge is 0.466 e. The second-order valence-electron chi connectivity index (χ2n) is 5.13. The number of anilines is 1. The van der Waals surface area contributed by atoms with Crippen LogP contribution in [0.25, 0.3) is 0 Å². The molecule has 0 bridgehead atoms. The minimum Gasteiger partial charge on any atom is -0.466 e. The number of esters is 2. The molecule has 2 rings (SSSR count). The molecular formula is C15H18N2O7. The summed E-state index contributed by atoms with van der Waals surface area (Å²) < 4.78 is 14.7. The van der Waals surface area contributed by atoms with Gasteiger partial charge in [-0.15, -0.1) is 0 Å². The lowest BCUT2D eigenvalue weighted by Gasteiger charge is -2.29. The quantitative estimate of drug-likeness (QED) is 0.447. The van der Waals surface area contributed by atoms with Crippen molar-refractivity contribution in [2.24, 2.45) is 0 Å². The molecule has 1 unspecified atom stereocenters. The van der Waals surface area contributed by atoms with Gasteiger partial charge in [0, 0.05) is 24.8 Å². The monoisotopic (exact) mass is 338 g/mol. The lowest BCUT2D eigenvalue weighted by Crippen LogP contribution is -2.36. The minimum absolute atomic E-state index is 0.209. The smallest absolute Gasteiger partial charge is 0.346 e. The number of nitro groups is 1. The molecule has 9 heteroatoms. The van der Waals surface area contributed by atoms with E-state index in [0.717, 1.165) is 7.11 Å². The Balaban J connectivity index is 2.28. The van der Waals surface area contributed by atoms with Crippen LogP contribution >= 0.6 is 0 Å². The summed E-state index contributed by atoms with van der Waals surface area (Å²) in [5.41, 5.74) is 0.0652. The van der Waals surface area contributed by atoms with Crippen LogP contribution in [0, 0.1) is 10.1 Å². The number of carbonyl (C=O) groups is 2. The molecule has 130 valence electrons. The third-order valence-electron chi connectivity index (χ3n) is 3.59. The predicted octanol–water partition coefficient (Wildman–Crippen LogP) is 1.15. The van der Waals surface area contributed by atoms with Crippen molar-refractivity contribution >= 4 is 23.3 Å².